The van der Waals surface area contributed by atoms with Gasteiger partial charge >= 0.3 is 0 Å². The van der Waals surface area contributed by atoms with Crippen LogP contribution in [0.25, 0.3) is 0 Å². The fraction of sp³-hybridized carbons (Fsp3) is 0.257. The number of nitrogens with one attached hydrogen (secondary N) is 1. The van der Waals surface area contributed by atoms with Crippen LogP contribution in [0.5, 0.6) is 0 Å². The van der Waals surface area contributed by atoms with Gasteiger partial charge in [-0.15, -0.1) is 0 Å². The Hall–Kier alpha value is -3.66. The third-order valence-electron chi connectivity index (χ3n) is 7.37. The lowest BCUT2D eigenvalue weighted by Gasteiger charge is -2.34. The number of sulfonamides is 1. The van der Waals surface area contributed by atoms with Crippen LogP contribution in [-0.4, -0.2) is 44.3 Å². The molecule has 0 bridgehead atoms. The molecule has 7 nitrogen and oxygen atoms in total. The van der Waals surface area contributed by atoms with E-state index in [1.54, 1.807) is 60.7 Å². The second-order valence-corrected chi connectivity index (χ2v) is 14.0. The van der Waals surface area contributed by atoms with Crippen molar-refractivity contribution in [2.75, 3.05) is 17.4 Å². The molecule has 0 fully saturated rings. The van der Waals surface area contributed by atoms with Crippen molar-refractivity contribution in [3.63, 3.8) is 0 Å². The van der Waals surface area contributed by atoms with E-state index in [0.29, 0.717) is 17.3 Å². The average Bonchev–Trinajstić information content (AvgIpc) is 3.03. The van der Waals surface area contributed by atoms with Crippen molar-refractivity contribution < 1.29 is 18.0 Å². The molecule has 0 aliphatic rings. The fourth-order valence-electron chi connectivity index (χ4n) is 4.82. The maximum Gasteiger partial charge on any atom is 0.264 e. The molecule has 0 saturated carbocycles. The summed E-state index contributed by atoms with van der Waals surface area (Å²) in [6, 6.07) is 28.9. The van der Waals surface area contributed by atoms with Gasteiger partial charge < -0.3 is 10.2 Å². The number of benzene rings is 4. The summed E-state index contributed by atoms with van der Waals surface area (Å²) < 4.78 is 30.1. The molecular formula is C35H37BrClN3O4S. The van der Waals surface area contributed by atoms with Crippen molar-refractivity contribution in [2.45, 2.75) is 50.6 Å². The van der Waals surface area contributed by atoms with Gasteiger partial charge in [-0.3, -0.25) is 13.9 Å². The molecule has 4 rings (SSSR count). The van der Waals surface area contributed by atoms with Crippen molar-refractivity contribution in [1.29, 1.82) is 0 Å². The molecule has 0 aromatic heterocycles. The molecule has 1 atom stereocenters. The molecule has 236 valence electrons. The van der Waals surface area contributed by atoms with Crippen LogP contribution in [0.2, 0.25) is 5.02 Å². The Morgan fingerprint density at radius 2 is 1.51 bits per heavy atom. The van der Waals surface area contributed by atoms with E-state index >= 15 is 0 Å². The van der Waals surface area contributed by atoms with Crippen molar-refractivity contribution in [3.05, 3.63) is 129 Å². The first kappa shape index (κ1) is 34.2. The summed E-state index contributed by atoms with van der Waals surface area (Å²) in [5, 5.41) is 3.54. The number of halogens is 2. The Kier molecular flexibility index (Phi) is 12.2. The molecule has 0 radical (unpaired) electrons. The van der Waals surface area contributed by atoms with Crippen molar-refractivity contribution in [1.82, 2.24) is 10.2 Å². The normalized spacial score (nSPS) is 11.9. The SMILES string of the molecule is CCCCNC(=O)[C@H](Cc1ccccc1)N(Cc1ccc(Cl)cc1)C(=O)CN(c1ccc(Br)cc1)S(=O)(=O)c1ccc(C)cc1. The summed E-state index contributed by atoms with van der Waals surface area (Å²) in [6.07, 6.45) is 1.94. The summed E-state index contributed by atoms with van der Waals surface area (Å²) in [6.45, 7) is 3.94. The third-order valence-corrected chi connectivity index (χ3v) is 9.94. The Morgan fingerprint density at radius 3 is 2.13 bits per heavy atom. The van der Waals surface area contributed by atoms with Crippen LogP contribution in [0.3, 0.4) is 0 Å². The first-order valence-corrected chi connectivity index (χ1v) is 17.4. The summed E-state index contributed by atoms with van der Waals surface area (Å²) in [7, 11) is -4.16. The maximum atomic E-state index is 14.5. The quantitative estimate of drug-likeness (QED) is 0.141. The lowest BCUT2D eigenvalue weighted by Crippen LogP contribution is -2.53. The molecule has 45 heavy (non-hydrogen) atoms. The largest absolute Gasteiger partial charge is 0.354 e. The Morgan fingerprint density at radius 1 is 0.867 bits per heavy atom. The first-order chi connectivity index (χ1) is 21.6. The lowest BCUT2D eigenvalue weighted by molar-refractivity contribution is -0.140. The number of hydrogen-bond donors (Lipinski definition) is 1. The van der Waals surface area contributed by atoms with E-state index in [4.69, 9.17) is 11.6 Å². The van der Waals surface area contributed by atoms with Crippen LogP contribution in [-0.2, 0) is 32.6 Å². The van der Waals surface area contributed by atoms with Crippen molar-refractivity contribution >= 4 is 55.1 Å². The number of carbonyl (C=O) groups is 2. The molecule has 1 N–H and O–H groups in total. The summed E-state index contributed by atoms with van der Waals surface area (Å²) in [4.78, 5) is 29.8. The van der Waals surface area contributed by atoms with Gasteiger partial charge in [-0.25, -0.2) is 8.42 Å². The first-order valence-electron chi connectivity index (χ1n) is 14.8. The molecule has 0 heterocycles. The van der Waals surface area contributed by atoms with Gasteiger partial charge in [0.05, 0.1) is 10.6 Å². The minimum atomic E-state index is -4.16. The number of hydrogen-bond acceptors (Lipinski definition) is 4. The fourth-order valence-corrected chi connectivity index (χ4v) is 6.62. The average molecular weight is 711 g/mol. The number of nitrogens with zero attached hydrogens (tertiary/aromatic N) is 2. The monoisotopic (exact) mass is 709 g/mol. The van der Waals surface area contributed by atoms with Gasteiger partial charge in [0, 0.05) is 29.0 Å². The summed E-state index contributed by atoms with van der Waals surface area (Å²) >= 11 is 9.56. The molecule has 10 heteroatoms. The van der Waals surface area contributed by atoms with Crippen LogP contribution in [0.15, 0.2) is 112 Å². The number of aryl methyl sites for hydroxylation is 1. The molecule has 0 aliphatic carbocycles. The van der Waals surface area contributed by atoms with Crippen LogP contribution >= 0.6 is 27.5 Å². The number of anilines is 1. The van der Waals surface area contributed by atoms with Gasteiger partial charge in [-0.2, -0.15) is 0 Å². The highest BCUT2D eigenvalue weighted by molar-refractivity contribution is 9.10. The highest BCUT2D eigenvalue weighted by atomic mass is 79.9. The molecule has 0 spiro atoms. The smallest absolute Gasteiger partial charge is 0.264 e. The summed E-state index contributed by atoms with van der Waals surface area (Å²) in [5.41, 5.74) is 2.86. The molecular weight excluding hydrogens is 674 g/mol. The second-order valence-electron chi connectivity index (χ2n) is 10.8. The van der Waals surface area contributed by atoms with E-state index in [0.717, 1.165) is 38.3 Å². The van der Waals surface area contributed by atoms with Crippen molar-refractivity contribution in [2.24, 2.45) is 0 Å². The number of carbonyl (C=O) groups excluding carboxylic acids is 2. The van der Waals surface area contributed by atoms with Gasteiger partial charge in [0.2, 0.25) is 11.8 Å². The predicted molar refractivity (Wildman–Crippen MR) is 184 cm³/mol. The Bertz CT molecular complexity index is 1670. The molecule has 4 aromatic carbocycles. The standard InChI is InChI=1S/C35H37BrClN3O4S/c1-3-4-22-38-35(42)33(23-27-8-6-5-7-9-27)39(24-28-12-16-30(37)17-13-28)34(41)25-40(31-18-14-29(36)15-19-31)45(43,44)32-20-10-26(2)11-21-32/h5-21,33H,3-4,22-25H2,1-2H3,(H,38,42)/t33-/m0/s1. The van der Waals surface area contributed by atoms with Crippen molar-refractivity contribution in [3.8, 4) is 0 Å². The highest BCUT2D eigenvalue weighted by Gasteiger charge is 2.34. The van der Waals surface area contributed by atoms with E-state index in [1.807, 2.05) is 44.2 Å². The maximum absolute atomic E-state index is 14.5. The Balaban J connectivity index is 1.78. The molecule has 0 saturated heterocycles. The molecule has 2 amide bonds. The number of rotatable bonds is 14. The predicted octanol–water partition coefficient (Wildman–Crippen LogP) is 7.16. The lowest BCUT2D eigenvalue weighted by atomic mass is 10.0. The van der Waals surface area contributed by atoms with Crippen LogP contribution in [0, 0.1) is 6.92 Å². The molecule has 0 unspecified atom stereocenters. The van der Waals surface area contributed by atoms with Gasteiger partial charge in [-0.05, 0) is 73.0 Å². The molecule has 4 aromatic rings. The molecule has 0 aliphatic heterocycles. The highest BCUT2D eigenvalue weighted by Crippen LogP contribution is 2.27. The zero-order valence-corrected chi connectivity index (χ0v) is 28.5. The Labute approximate surface area is 279 Å². The van der Waals surface area contributed by atoms with Gasteiger partial charge in [-0.1, -0.05) is 101 Å². The van der Waals surface area contributed by atoms with Crippen LogP contribution in [0.1, 0.15) is 36.5 Å². The number of amides is 2. The summed E-state index contributed by atoms with van der Waals surface area (Å²) in [5.74, 6) is -0.818. The topological polar surface area (TPSA) is 86.8 Å². The van der Waals surface area contributed by atoms with Crippen LogP contribution in [0.4, 0.5) is 5.69 Å². The van der Waals surface area contributed by atoms with E-state index in [2.05, 4.69) is 21.2 Å². The van der Waals surface area contributed by atoms with Gasteiger partial charge in [0.15, 0.2) is 0 Å². The van der Waals surface area contributed by atoms with E-state index < -0.39 is 28.5 Å². The van der Waals surface area contributed by atoms with E-state index in [9.17, 15) is 18.0 Å². The van der Waals surface area contributed by atoms with E-state index in [-0.39, 0.29) is 23.8 Å². The minimum absolute atomic E-state index is 0.0613. The van der Waals surface area contributed by atoms with Crippen LogP contribution < -0.4 is 9.62 Å². The van der Waals surface area contributed by atoms with Gasteiger partial charge in [0.1, 0.15) is 12.6 Å². The van der Waals surface area contributed by atoms with E-state index in [1.165, 1.54) is 17.0 Å². The zero-order valence-electron chi connectivity index (χ0n) is 25.3. The minimum Gasteiger partial charge on any atom is -0.354 e. The third kappa shape index (κ3) is 9.42. The van der Waals surface area contributed by atoms with Gasteiger partial charge in [0.25, 0.3) is 10.0 Å². The zero-order chi connectivity index (χ0) is 32.4. The second kappa shape index (κ2) is 16.1. The number of unbranched alkanes of at least 4 members (excludes halogenated alkanes) is 1.